The van der Waals surface area contributed by atoms with E-state index in [0.29, 0.717) is 40.9 Å². The monoisotopic (exact) mass is 482 g/mol. The minimum absolute atomic E-state index is 0.0448. The minimum atomic E-state index is -0.506. The number of allylic oxidation sites excluding steroid dienone is 1. The van der Waals surface area contributed by atoms with Crippen LogP contribution >= 0.6 is 0 Å². The van der Waals surface area contributed by atoms with E-state index < -0.39 is 5.97 Å². The molecular weight excluding hydrogens is 452 g/mol. The van der Waals surface area contributed by atoms with Crippen molar-refractivity contribution in [3.05, 3.63) is 100 Å². The number of carbonyl (C=O) groups is 1. The highest BCUT2D eigenvalue weighted by Crippen LogP contribution is 2.43. The highest BCUT2D eigenvalue weighted by atomic mass is 16.5. The third-order valence-corrected chi connectivity index (χ3v) is 6.17. The topological polar surface area (TPSA) is 94.6 Å². The summed E-state index contributed by atoms with van der Waals surface area (Å²) in [4.78, 5) is 12.8. The molecule has 184 valence electrons. The Morgan fingerprint density at radius 2 is 1.86 bits per heavy atom. The Labute approximate surface area is 211 Å². The summed E-state index contributed by atoms with van der Waals surface area (Å²) in [6.45, 7) is 6.96. The normalized spacial score (nSPS) is 14.6. The van der Waals surface area contributed by atoms with E-state index in [1.807, 2.05) is 24.3 Å². The Bertz CT molecular complexity index is 1320. The van der Waals surface area contributed by atoms with Crippen molar-refractivity contribution >= 4 is 5.97 Å². The molecule has 1 aliphatic heterocycles. The lowest BCUT2D eigenvalue weighted by Crippen LogP contribution is -2.21. The van der Waals surface area contributed by atoms with Gasteiger partial charge in [-0.1, -0.05) is 63.6 Å². The number of hydrogen-bond donors (Lipinski definition) is 1. The first-order valence-corrected chi connectivity index (χ1v) is 12.2. The lowest BCUT2D eigenvalue weighted by molar-refractivity contribution is 0.0734. The molecule has 0 aliphatic carbocycles. The highest BCUT2D eigenvalue weighted by molar-refractivity contribution is 5.91. The van der Waals surface area contributed by atoms with Crippen LogP contribution in [0, 0.1) is 11.3 Å². The molecule has 1 heterocycles. The van der Waals surface area contributed by atoms with E-state index in [1.54, 1.807) is 30.3 Å². The molecule has 6 nitrogen and oxygen atoms in total. The van der Waals surface area contributed by atoms with Crippen molar-refractivity contribution in [2.45, 2.75) is 45.4 Å². The highest BCUT2D eigenvalue weighted by Gasteiger charge is 2.31. The maximum Gasteiger partial charge on any atom is 0.343 e. The van der Waals surface area contributed by atoms with Gasteiger partial charge >= 0.3 is 5.97 Å². The Hall–Kier alpha value is -4.24. The van der Waals surface area contributed by atoms with Crippen LogP contribution < -0.4 is 19.9 Å². The summed E-state index contributed by atoms with van der Waals surface area (Å²) < 4.78 is 17.1. The zero-order chi connectivity index (χ0) is 25.7. The third kappa shape index (κ3) is 5.36. The number of unbranched alkanes of at least 4 members (excludes halogenated alkanes) is 1. The number of ether oxygens (including phenoxy) is 3. The molecule has 0 spiro atoms. The molecule has 0 saturated carbocycles. The van der Waals surface area contributed by atoms with Gasteiger partial charge in [0.2, 0.25) is 5.88 Å². The largest absolute Gasteiger partial charge is 0.494 e. The molecule has 0 amide bonds. The second kappa shape index (κ2) is 11.0. The van der Waals surface area contributed by atoms with E-state index in [2.05, 4.69) is 39.0 Å². The molecule has 1 atom stereocenters. The van der Waals surface area contributed by atoms with Crippen LogP contribution in [-0.4, -0.2) is 12.6 Å². The summed E-state index contributed by atoms with van der Waals surface area (Å²) in [5.41, 5.74) is 9.80. The van der Waals surface area contributed by atoms with Gasteiger partial charge in [-0.2, -0.15) is 5.26 Å². The lowest BCUT2D eigenvalue weighted by atomic mass is 9.83. The number of esters is 1. The molecular formula is C30H30N2O4. The van der Waals surface area contributed by atoms with Crippen LogP contribution in [-0.2, 0) is 0 Å². The summed E-state index contributed by atoms with van der Waals surface area (Å²) in [6.07, 6.45) is 1.97. The van der Waals surface area contributed by atoms with Gasteiger partial charge in [-0.3, -0.25) is 0 Å². The number of carbonyl (C=O) groups excluding carboxylic acids is 1. The average molecular weight is 483 g/mol. The van der Waals surface area contributed by atoms with Crippen LogP contribution in [0.1, 0.15) is 72.5 Å². The average Bonchev–Trinajstić information content (AvgIpc) is 2.88. The standard InChI is InChI=1S/C30H30N2O4/c1-4-5-15-34-23-8-6-7-22(16-23)30(33)35-24-13-14-25-27(17-24)36-29(32)26(18-31)28(25)21-11-9-20(10-12-21)19(2)3/h6-14,16-17,19,28H,4-5,15,32H2,1-3H3. The van der Waals surface area contributed by atoms with Crippen LogP contribution in [0.4, 0.5) is 0 Å². The van der Waals surface area contributed by atoms with E-state index in [4.69, 9.17) is 19.9 Å². The minimum Gasteiger partial charge on any atom is -0.494 e. The van der Waals surface area contributed by atoms with Gasteiger partial charge in [0.15, 0.2) is 0 Å². The quantitative estimate of drug-likeness (QED) is 0.226. The SMILES string of the molecule is CCCCOc1cccc(C(=O)Oc2ccc3c(c2)OC(N)=C(C#N)C3c2ccc(C(C)C)cc2)c1. The molecule has 0 fully saturated rings. The van der Waals surface area contributed by atoms with Crippen molar-refractivity contribution in [1.29, 1.82) is 5.26 Å². The number of fused-ring (bicyclic) bond motifs is 1. The predicted molar refractivity (Wildman–Crippen MR) is 138 cm³/mol. The molecule has 0 aromatic heterocycles. The van der Waals surface area contributed by atoms with Gasteiger partial charge < -0.3 is 19.9 Å². The maximum absolute atomic E-state index is 12.8. The first kappa shape index (κ1) is 24.9. The summed E-state index contributed by atoms with van der Waals surface area (Å²) in [5, 5.41) is 9.80. The van der Waals surface area contributed by atoms with Gasteiger partial charge in [-0.05, 0) is 47.7 Å². The predicted octanol–water partition coefficient (Wildman–Crippen LogP) is 6.43. The zero-order valence-corrected chi connectivity index (χ0v) is 20.8. The molecule has 1 unspecified atom stereocenters. The van der Waals surface area contributed by atoms with Gasteiger partial charge in [0, 0.05) is 11.6 Å². The summed E-state index contributed by atoms with van der Waals surface area (Å²) in [7, 11) is 0. The van der Waals surface area contributed by atoms with E-state index in [0.717, 1.165) is 24.0 Å². The van der Waals surface area contributed by atoms with E-state index in [-0.39, 0.29) is 11.8 Å². The fraction of sp³-hybridized carbons (Fsp3) is 0.267. The first-order valence-electron chi connectivity index (χ1n) is 12.2. The number of hydrogen-bond acceptors (Lipinski definition) is 6. The van der Waals surface area contributed by atoms with Crippen LogP contribution in [0.2, 0.25) is 0 Å². The van der Waals surface area contributed by atoms with E-state index in [9.17, 15) is 10.1 Å². The summed E-state index contributed by atoms with van der Waals surface area (Å²) in [6, 6.07) is 22.4. The second-order valence-corrected chi connectivity index (χ2v) is 9.07. The zero-order valence-electron chi connectivity index (χ0n) is 20.8. The van der Waals surface area contributed by atoms with Gasteiger partial charge in [-0.15, -0.1) is 0 Å². The second-order valence-electron chi connectivity index (χ2n) is 9.07. The molecule has 3 aromatic rings. The van der Waals surface area contributed by atoms with Crippen molar-refractivity contribution in [2.75, 3.05) is 6.61 Å². The molecule has 0 radical (unpaired) electrons. The van der Waals surface area contributed by atoms with Gasteiger partial charge in [0.1, 0.15) is 28.9 Å². The van der Waals surface area contributed by atoms with Gasteiger partial charge in [0.25, 0.3) is 0 Å². The van der Waals surface area contributed by atoms with Crippen LogP contribution in [0.5, 0.6) is 17.2 Å². The molecule has 3 aromatic carbocycles. The van der Waals surface area contributed by atoms with Gasteiger partial charge in [0.05, 0.1) is 18.1 Å². The third-order valence-electron chi connectivity index (χ3n) is 6.17. The van der Waals surface area contributed by atoms with E-state index in [1.165, 1.54) is 5.56 Å². The number of nitriles is 1. The molecule has 0 saturated heterocycles. The van der Waals surface area contributed by atoms with Crippen molar-refractivity contribution < 1.29 is 19.0 Å². The van der Waals surface area contributed by atoms with Crippen LogP contribution in [0.15, 0.2) is 78.2 Å². The Morgan fingerprint density at radius 1 is 1.08 bits per heavy atom. The summed E-state index contributed by atoms with van der Waals surface area (Å²) >= 11 is 0. The Balaban J connectivity index is 1.58. The van der Waals surface area contributed by atoms with Crippen molar-refractivity contribution in [1.82, 2.24) is 0 Å². The molecule has 4 rings (SSSR count). The number of benzene rings is 3. The van der Waals surface area contributed by atoms with Crippen molar-refractivity contribution in [2.24, 2.45) is 5.73 Å². The fourth-order valence-electron chi connectivity index (χ4n) is 4.13. The first-order chi connectivity index (χ1) is 17.4. The number of nitrogens with two attached hydrogens (primary N) is 1. The molecule has 36 heavy (non-hydrogen) atoms. The molecule has 0 bridgehead atoms. The van der Waals surface area contributed by atoms with Crippen LogP contribution in [0.25, 0.3) is 0 Å². The fourth-order valence-corrected chi connectivity index (χ4v) is 4.13. The Morgan fingerprint density at radius 3 is 2.56 bits per heavy atom. The van der Waals surface area contributed by atoms with Crippen LogP contribution in [0.3, 0.4) is 0 Å². The molecule has 1 aliphatic rings. The lowest BCUT2D eigenvalue weighted by Gasteiger charge is -2.27. The smallest absolute Gasteiger partial charge is 0.343 e. The molecule has 2 N–H and O–H groups in total. The maximum atomic E-state index is 12.8. The van der Waals surface area contributed by atoms with Crippen molar-refractivity contribution in [3.63, 3.8) is 0 Å². The summed E-state index contributed by atoms with van der Waals surface area (Å²) in [5.74, 6) is 0.959. The number of rotatable bonds is 8. The van der Waals surface area contributed by atoms with Gasteiger partial charge in [-0.25, -0.2) is 4.79 Å². The van der Waals surface area contributed by atoms with Crippen molar-refractivity contribution in [3.8, 4) is 23.3 Å². The Kier molecular flexibility index (Phi) is 7.60. The number of nitrogens with zero attached hydrogens (tertiary/aromatic N) is 1. The van der Waals surface area contributed by atoms with E-state index >= 15 is 0 Å². The molecule has 6 heteroatoms.